The predicted octanol–water partition coefficient (Wildman–Crippen LogP) is 3.03. The first kappa shape index (κ1) is 13.6. The molecular formula is C13H12F3NO2. The summed E-state index contributed by atoms with van der Waals surface area (Å²) in [5.74, 6) is 0. The van der Waals surface area contributed by atoms with Gasteiger partial charge in [0.2, 0.25) is 0 Å². The lowest BCUT2D eigenvalue weighted by Gasteiger charge is -2.08. The Balaban J connectivity index is 2.07. The van der Waals surface area contributed by atoms with E-state index < -0.39 is 12.8 Å². The topological polar surface area (TPSA) is 31.2 Å². The number of alkyl halides is 3. The highest BCUT2D eigenvalue weighted by molar-refractivity contribution is 5.97. The van der Waals surface area contributed by atoms with Crippen LogP contribution in [0.5, 0.6) is 0 Å². The van der Waals surface area contributed by atoms with Gasteiger partial charge in [-0.1, -0.05) is 18.2 Å². The number of halogens is 3. The van der Waals surface area contributed by atoms with Crippen molar-refractivity contribution in [2.45, 2.75) is 12.7 Å². The molecule has 0 amide bonds. The summed E-state index contributed by atoms with van der Waals surface area (Å²) in [6.07, 6.45) is -1.96. The van der Waals surface area contributed by atoms with Crippen molar-refractivity contribution in [2.24, 2.45) is 0 Å². The van der Waals surface area contributed by atoms with Gasteiger partial charge in [0.1, 0.15) is 6.61 Å². The van der Waals surface area contributed by atoms with Crippen LogP contribution in [-0.4, -0.2) is 30.2 Å². The number of fused-ring (bicyclic) bond motifs is 1. The fraction of sp³-hybridized carbons (Fsp3) is 0.308. The standard InChI is InChI=1S/C13H12F3NO2/c14-13(15,16)9-19-6-5-17-7-10(8-18)11-3-1-2-4-12(11)17/h1-4,7-8H,5-6,9H2. The van der Waals surface area contributed by atoms with Gasteiger partial charge in [0, 0.05) is 29.2 Å². The normalized spacial score (nSPS) is 11.9. The number of aromatic nitrogens is 1. The predicted molar refractivity (Wildman–Crippen MR) is 64.2 cm³/mol. The SMILES string of the molecule is O=Cc1cn(CCOCC(F)(F)F)c2ccccc12. The number of para-hydroxylation sites is 1. The summed E-state index contributed by atoms with van der Waals surface area (Å²) in [7, 11) is 0. The van der Waals surface area contributed by atoms with E-state index in [9.17, 15) is 18.0 Å². The molecule has 3 nitrogen and oxygen atoms in total. The molecule has 102 valence electrons. The van der Waals surface area contributed by atoms with Crippen molar-refractivity contribution in [2.75, 3.05) is 13.2 Å². The Morgan fingerprint density at radius 2 is 2.00 bits per heavy atom. The van der Waals surface area contributed by atoms with Crippen molar-refractivity contribution in [3.05, 3.63) is 36.0 Å². The Morgan fingerprint density at radius 1 is 1.26 bits per heavy atom. The van der Waals surface area contributed by atoms with E-state index in [1.54, 1.807) is 22.9 Å². The molecule has 0 N–H and O–H groups in total. The molecule has 0 saturated heterocycles. The van der Waals surface area contributed by atoms with Gasteiger partial charge in [-0.2, -0.15) is 13.2 Å². The van der Waals surface area contributed by atoms with Crippen LogP contribution in [-0.2, 0) is 11.3 Å². The molecule has 0 atom stereocenters. The van der Waals surface area contributed by atoms with E-state index >= 15 is 0 Å². The number of nitrogens with zero attached hydrogens (tertiary/aromatic N) is 1. The van der Waals surface area contributed by atoms with Crippen molar-refractivity contribution in [1.82, 2.24) is 4.57 Å². The second-order valence-corrected chi connectivity index (χ2v) is 4.08. The molecule has 1 heterocycles. The molecule has 1 aromatic heterocycles. The van der Waals surface area contributed by atoms with E-state index in [1.807, 2.05) is 12.1 Å². The molecule has 0 aliphatic rings. The van der Waals surface area contributed by atoms with Crippen molar-refractivity contribution in [1.29, 1.82) is 0 Å². The van der Waals surface area contributed by atoms with Crippen LogP contribution in [0.4, 0.5) is 13.2 Å². The second kappa shape index (κ2) is 5.44. The van der Waals surface area contributed by atoms with Crippen LogP contribution in [0.2, 0.25) is 0 Å². The summed E-state index contributed by atoms with van der Waals surface area (Å²) < 4.78 is 42.0. The summed E-state index contributed by atoms with van der Waals surface area (Å²) >= 11 is 0. The van der Waals surface area contributed by atoms with E-state index in [1.165, 1.54) is 0 Å². The Hall–Kier alpha value is -1.82. The first-order valence-corrected chi connectivity index (χ1v) is 5.69. The van der Waals surface area contributed by atoms with Crippen molar-refractivity contribution in [3.8, 4) is 0 Å². The molecule has 1 aromatic carbocycles. The Morgan fingerprint density at radius 3 is 2.68 bits per heavy atom. The highest BCUT2D eigenvalue weighted by atomic mass is 19.4. The van der Waals surface area contributed by atoms with E-state index in [2.05, 4.69) is 4.74 Å². The molecule has 0 bridgehead atoms. The summed E-state index contributed by atoms with van der Waals surface area (Å²) in [6.45, 7) is -1.05. The zero-order valence-electron chi connectivity index (χ0n) is 9.98. The van der Waals surface area contributed by atoms with Crippen molar-refractivity contribution >= 4 is 17.2 Å². The maximum absolute atomic E-state index is 11.9. The minimum absolute atomic E-state index is 0.0590. The lowest BCUT2D eigenvalue weighted by molar-refractivity contribution is -0.174. The van der Waals surface area contributed by atoms with E-state index in [-0.39, 0.29) is 13.2 Å². The van der Waals surface area contributed by atoms with Gasteiger partial charge in [0.05, 0.1) is 6.61 Å². The van der Waals surface area contributed by atoms with Gasteiger partial charge in [-0.25, -0.2) is 0 Å². The van der Waals surface area contributed by atoms with Crippen LogP contribution in [0.25, 0.3) is 10.9 Å². The molecule has 0 radical (unpaired) electrons. The second-order valence-electron chi connectivity index (χ2n) is 4.08. The maximum atomic E-state index is 11.9. The lowest BCUT2D eigenvalue weighted by Crippen LogP contribution is -2.18. The largest absolute Gasteiger partial charge is 0.411 e. The van der Waals surface area contributed by atoms with E-state index in [0.29, 0.717) is 5.56 Å². The number of aldehydes is 1. The number of hydrogen-bond acceptors (Lipinski definition) is 2. The molecule has 0 aliphatic heterocycles. The van der Waals surface area contributed by atoms with Gasteiger partial charge < -0.3 is 9.30 Å². The third kappa shape index (κ3) is 3.35. The summed E-state index contributed by atoms with van der Waals surface area (Å²) in [5, 5.41) is 0.785. The zero-order valence-corrected chi connectivity index (χ0v) is 9.98. The number of ether oxygens (including phenoxy) is 1. The van der Waals surface area contributed by atoms with E-state index in [0.717, 1.165) is 17.2 Å². The van der Waals surface area contributed by atoms with Gasteiger partial charge in [0.15, 0.2) is 6.29 Å². The highest BCUT2D eigenvalue weighted by Gasteiger charge is 2.27. The number of rotatable bonds is 5. The number of hydrogen-bond donors (Lipinski definition) is 0. The van der Waals surface area contributed by atoms with Crippen LogP contribution in [0.1, 0.15) is 10.4 Å². The zero-order chi connectivity index (χ0) is 13.9. The first-order chi connectivity index (χ1) is 9.01. The average Bonchev–Trinajstić information content (AvgIpc) is 2.72. The monoisotopic (exact) mass is 271 g/mol. The van der Waals surface area contributed by atoms with Gasteiger partial charge in [-0.15, -0.1) is 0 Å². The van der Waals surface area contributed by atoms with Crippen LogP contribution in [0, 0.1) is 0 Å². The number of carbonyl (C=O) groups excluding carboxylic acids is 1. The summed E-state index contributed by atoms with van der Waals surface area (Å²) in [4.78, 5) is 10.9. The van der Waals surface area contributed by atoms with E-state index in [4.69, 9.17) is 0 Å². The Kier molecular flexibility index (Phi) is 3.90. The minimum Gasteiger partial charge on any atom is -0.370 e. The minimum atomic E-state index is -4.31. The fourth-order valence-corrected chi connectivity index (χ4v) is 1.90. The molecule has 6 heteroatoms. The fourth-order valence-electron chi connectivity index (χ4n) is 1.90. The number of benzene rings is 1. The molecule has 0 unspecified atom stereocenters. The van der Waals surface area contributed by atoms with Gasteiger partial charge in [0.25, 0.3) is 0 Å². The summed E-state index contributed by atoms with van der Waals surface area (Å²) in [6, 6.07) is 7.22. The van der Waals surface area contributed by atoms with Gasteiger partial charge in [-0.3, -0.25) is 4.79 Å². The average molecular weight is 271 g/mol. The Bertz CT molecular complexity index is 575. The van der Waals surface area contributed by atoms with Crippen molar-refractivity contribution in [3.63, 3.8) is 0 Å². The maximum Gasteiger partial charge on any atom is 0.411 e. The molecule has 2 aromatic rings. The quantitative estimate of drug-likeness (QED) is 0.618. The third-order valence-electron chi connectivity index (χ3n) is 2.69. The summed E-state index contributed by atoms with van der Waals surface area (Å²) in [5.41, 5.74) is 1.33. The molecule has 0 aliphatic carbocycles. The number of carbonyl (C=O) groups is 1. The molecule has 0 spiro atoms. The highest BCUT2D eigenvalue weighted by Crippen LogP contribution is 2.20. The lowest BCUT2D eigenvalue weighted by atomic mass is 10.2. The molecular weight excluding hydrogens is 259 g/mol. The van der Waals surface area contributed by atoms with Gasteiger partial charge in [-0.05, 0) is 6.07 Å². The molecule has 0 saturated carbocycles. The van der Waals surface area contributed by atoms with Crippen molar-refractivity contribution < 1.29 is 22.7 Å². The van der Waals surface area contributed by atoms with Gasteiger partial charge >= 0.3 is 6.18 Å². The smallest absolute Gasteiger partial charge is 0.370 e. The van der Waals surface area contributed by atoms with Crippen LogP contribution < -0.4 is 0 Å². The van der Waals surface area contributed by atoms with Crippen LogP contribution in [0.15, 0.2) is 30.5 Å². The Labute approximate surface area is 107 Å². The molecule has 19 heavy (non-hydrogen) atoms. The molecule has 2 rings (SSSR count). The molecule has 0 fully saturated rings. The van der Waals surface area contributed by atoms with Crippen LogP contribution in [0.3, 0.4) is 0 Å². The third-order valence-corrected chi connectivity index (χ3v) is 2.69. The first-order valence-electron chi connectivity index (χ1n) is 5.69. The van der Waals surface area contributed by atoms with Crippen LogP contribution >= 0.6 is 0 Å².